The van der Waals surface area contributed by atoms with Crippen LogP contribution in [-0.4, -0.2) is 36.5 Å². The maximum atomic E-state index is 12.9. The predicted molar refractivity (Wildman–Crippen MR) is 113 cm³/mol. The zero-order valence-electron chi connectivity index (χ0n) is 16.7. The van der Waals surface area contributed by atoms with Gasteiger partial charge in [-0.25, -0.2) is 0 Å². The number of anilines is 1. The van der Waals surface area contributed by atoms with Crippen LogP contribution in [0.4, 0.5) is 5.69 Å². The van der Waals surface area contributed by atoms with Crippen molar-refractivity contribution in [3.63, 3.8) is 0 Å². The van der Waals surface area contributed by atoms with Gasteiger partial charge in [-0.3, -0.25) is 4.79 Å². The monoisotopic (exact) mass is 364 g/mol. The molecule has 1 amide bonds. The number of hydrogen-bond donors (Lipinski definition) is 0. The van der Waals surface area contributed by atoms with Gasteiger partial charge in [-0.1, -0.05) is 62.4 Å². The average molecular weight is 365 g/mol. The number of piperidine rings is 1. The van der Waals surface area contributed by atoms with Crippen LogP contribution in [-0.2, 0) is 11.2 Å². The van der Waals surface area contributed by atoms with Crippen LogP contribution in [0.2, 0.25) is 0 Å². The summed E-state index contributed by atoms with van der Waals surface area (Å²) in [5.41, 5.74) is 2.45. The number of amides is 1. The fraction of sp³-hybridized carbons (Fsp3) is 0.458. The van der Waals surface area contributed by atoms with Gasteiger partial charge < -0.3 is 9.80 Å². The Morgan fingerprint density at radius 2 is 1.74 bits per heavy atom. The summed E-state index contributed by atoms with van der Waals surface area (Å²) in [6.07, 6.45) is 3.65. The lowest BCUT2D eigenvalue weighted by atomic mass is 9.91. The Morgan fingerprint density at radius 1 is 1.07 bits per heavy atom. The number of nitrogens with zero attached hydrogens (tertiary/aromatic N) is 2. The summed E-state index contributed by atoms with van der Waals surface area (Å²) < 4.78 is 0. The molecule has 1 aliphatic rings. The number of carbonyl (C=O) groups excluding carboxylic acids is 1. The van der Waals surface area contributed by atoms with Crippen molar-refractivity contribution in [1.29, 1.82) is 0 Å². The largest absolute Gasteiger partial charge is 0.309 e. The number of para-hydroxylation sites is 1. The van der Waals surface area contributed by atoms with Gasteiger partial charge in [-0.15, -0.1) is 0 Å². The highest BCUT2D eigenvalue weighted by atomic mass is 16.2. The minimum atomic E-state index is 0.262. The molecule has 3 heteroatoms. The molecule has 0 bridgehead atoms. The Balaban J connectivity index is 1.64. The van der Waals surface area contributed by atoms with E-state index in [1.165, 1.54) is 5.56 Å². The van der Waals surface area contributed by atoms with Crippen molar-refractivity contribution >= 4 is 11.6 Å². The van der Waals surface area contributed by atoms with Gasteiger partial charge in [0.25, 0.3) is 0 Å². The molecule has 1 heterocycles. The van der Waals surface area contributed by atoms with Crippen molar-refractivity contribution in [3.05, 3.63) is 66.2 Å². The molecule has 144 valence electrons. The predicted octanol–water partition coefficient (Wildman–Crippen LogP) is 4.77. The summed E-state index contributed by atoms with van der Waals surface area (Å²) in [6.45, 7) is 7.59. The standard InChI is InChI=1S/C24H32N2O/c1-3-10-24(27)26(22-13-8-5-9-14-22)23-16-18-25(19-20(23)2)17-15-21-11-6-4-7-12-21/h4-9,11-14,20,23H,3,10,15-19H2,1-2H3. The van der Waals surface area contributed by atoms with E-state index in [2.05, 4.69) is 66.1 Å². The van der Waals surface area contributed by atoms with Crippen LogP contribution in [0, 0.1) is 5.92 Å². The molecule has 0 saturated carbocycles. The molecule has 1 saturated heterocycles. The fourth-order valence-electron chi connectivity index (χ4n) is 4.18. The molecule has 27 heavy (non-hydrogen) atoms. The lowest BCUT2D eigenvalue weighted by Crippen LogP contribution is -2.52. The Kier molecular flexibility index (Phi) is 7.05. The van der Waals surface area contributed by atoms with Crippen LogP contribution < -0.4 is 4.90 Å². The van der Waals surface area contributed by atoms with Gasteiger partial charge in [-0.05, 0) is 42.9 Å². The molecule has 0 spiro atoms. The van der Waals surface area contributed by atoms with E-state index < -0.39 is 0 Å². The highest BCUT2D eigenvalue weighted by Crippen LogP contribution is 2.28. The van der Waals surface area contributed by atoms with Gasteiger partial charge in [0, 0.05) is 37.8 Å². The number of likely N-dealkylation sites (tertiary alicyclic amines) is 1. The van der Waals surface area contributed by atoms with Crippen molar-refractivity contribution in [2.75, 3.05) is 24.5 Å². The zero-order valence-corrected chi connectivity index (χ0v) is 16.7. The topological polar surface area (TPSA) is 23.6 Å². The fourth-order valence-corrected chi connectivity index (χ4v) is 4.18. The van der Waals surface area contributed by atoms with Crippen molar-refractivity contribution in [1.82, 2.24) is 4.90 Å². The van der Waals surface area contributed by atoms with Gasteiger partial charge in [0.15, 0.2) is 0 Å². The lowest BCUT2D eigenvalue weighted by molar-refractivity contribution is -0.119. The first-order valence-corrected chi connectivity index (χ1v) is 10.3. The van der Waals surface area contributed by atoms with Crippen molar-refractivity contribution in [2.24, 2.45) is 5.92 Å². The average Bonchev–Trinajstić information content (AvgIpc) is 2.70. The van der Waals surface area contributed by atoms with Gasteiger partial charge in [0.1, 0.15) is 0 Å². The summed E-state index contributed by atoms with van der Waals surface area (Å²) in [5.74, 6) is 0.730. The number of rotatable bonds is 7. The molecule has 0 aromatic heterocycles. The molecule has 0 radical (unpaired) electrons. The first-order chi connectivity index (χ1) is 13.2. The number of benzene rings is 2. The first kappa shape index (κ1) is 19.6. The summed E-state index contributed by atoms with van der Waals surface area (Å²) in [4.78, 5) is 17.5. The van der Waals surface area contributed by atoms with Crippen molar-refractivity contribution < 1.29 is 4.79 Å². The SMILES string of the molecule is CCCC(=O)N(c1ccccc1)C1CCN(CCc2ccccc2)CC1C. The highest BCUT2D eigenvalue weighted by Gasteiger charge is 2.33. The third kappa shape index (κ3) is 5.20. The van der Waals surface area contributed by atoms with E-state index in [4.69, 9.17) is 0 Å². The van der Waals surface area contributed by atoms with E-state index in [-0.39, 0.29) is 5.91 Å². The maximum absolute atomic E-state index is 12.9. The normalized spacial score (nSPS) is 20.4. The highest BCUT2D eigenvalue weighted by molar-refractivity contribution is 5.94. The second-order valence-electron chi connectivity index (χ2n) is 7.72. The molecule has 2 atom stereocenters. The zero-order chi connectivity index (χ0) is 19.1. The van der Waals surface area contributed by atoms with E-state index in [9.17, 15) is 4.79 Å². The third-order valence-corrected chi connectivity index (χ3v) is 5.60. The minimum absolute atomic E-state index is 0.262. The van der Waals surface area contributed by atoms with Gasteiger partial charge >= 0.3 is 0 Å². The molecule has 2 unspecified atom stereocenters. The summed E-state index contributed by atoms with van der Waals surface area (Å²) in [5, 5.41) is 0. The Morgan fingerprint density at radius 3 is 2.37 bits per heavy atom. The van der Waals surface area contributed by atoms with E-state index >= 15 is 0 Å². The van der Waals surface area contributed by atoms with Crippen molar-refractivity contribution in [2.45, 2.75) is 45.6 Å². The summed E-state index contributed by atoms with van der Waals surface area (Å²) in [6, 6.07) is 21.2. The Labute approximate surface area is 164 Å². The van der Waals surface area contributed by atoms with Crippen LogP contribution in [0.1, 0.15) is 38.7 Å². The van der Waals surface area contributed by atoms with Crippen molar-refractivity contribution in [3.8, 4) is 0 Å². The van der Waals surface area contributed by atoms with Crippen LogP contribution in [0.5, 0.6) is 0 Å². The molecular weight excluding hydrogens is 332 g/mol. The molecule has 2 aromatic carbocycles. The van der Waals surface area contributed by atoms with Crippen LogP contribution in [0.25, 0.3) is 0 Å². The van der Waals surface area contributed by atoms with Crippen LogP contribution in [0.15, 0.2) is 60.7 Å². The maximum Gasteiger partial charge on any atom is 0.227 e. The van der Waals surface area contributed by atoms with Gasteiger partial charge in [0.05, 0.1) is 0 Å². The van der Waals surface area contributed by atoms with E-state index in [1.54, 1.807) is 0 Å². The lowest BCUT2D eigenvalue weighted by Gasteiger charge is -2.43. The Hall–Kier alpha value is -2.13. The summed E-state index contributed by atoms with van der Waals surface area (Å²) in [7, 11) is 0. The number of hydrogen-bond acceptors (Lipinski definition) is 2. The van der Waals surface area contributed by atoms with E-state index in [1.807, 2.05) is 18.2 Å². The molecule has 2 aromatic rings. The number of carbonyl (C=O) groups is 1. The molecular formula is C24H32N2O. The molecule has 0 aliphatic carbocycles. The Bertz CT molecular complexity index is 701. The quantitative estimate of drug-likeness (QED) is 0.706. The summed E-state index contributed by atoms with van der Waals surface area (Å²) >= 11 is 0. The molecule has 0 N–H and O–H groups in total. The first-order valence-electron chi connectivity index (χ1n) is 10.3. The van der Waals surface area contributed by atoms with E-state index in [0.29, 0.717) is 18.4 Å². The second-order valence-corrected chi connectivity index (χ2v) is 7.72. The third-order valence-electron chi connectivity index (χ3n) is 5.60. The van der Waals surface area contributed by atoms with Crippen LogP contribution in [0.3, 0.4) is 0 Å². The molecule has 3 nitrogen and oxygen atoms in total. The van der Waals surface area contributed by atoms with E-state index in [0.717, 1.165) is 44.6 Å². The molecule has 3 rings (SSSR count). The second kappa shape index (κ2) is 9.70. The molecule has 1 aliphatic heterocycles. The minimum Gasteiger partial charge on any atom is -0.309 e. The van der Waals surface area contributed by atoms with Gasteiger partial charge in [-0.2, -0.15) is 0 Å². The molecule has 1 fully saturated rings. The van der Waals surface area contributed by atoms with Gasteiger partial charge in [0.2, 0.25) is 5.91 Å². The smallest absolute Gasteiger partial charge is 0.227 e. The van der Waals surface area contributed by atoms with Crippen LogP contribution >= 0.6 is 0 Å².